The van der Waals surface area contributed by atoms with E-state index in [9.17, 15) is 0 Å². The molecular weight excluding hydrogens is 320 g/mol. The highest BCUT2D eigenvalue weighted by atomic mass is 127. The zero-order valence-corrected chi connectivity index (χ0v) is 11.9. The summed E-state index contributed by atoms with van der Waals surface area (Å²) < 4.78 is 1.32. The normalized spacial score (nSPS) is 17.7. The molecule has 2 rings (SSSR count). The Bertz CT molecular complexity index is 306. The zero-order chi connectivity index (χ0) is 10.0. The summed E-state index contributed by atoms with van der Waals surface area (Å²) in [5.41, 5.74) is 1.77. The summed E-state index contributed by atoms with van der Waals surface area (Å²) in [4.78, 5) is 0. The molecule has 84 valence electrons. The third kappa shape index (κ3) is 2.66. The van der Waals surface area contributed by atoms with E-state index in [4.69, 9.17) is 0 Å². The molecule has 0 aromatic heterocycles. The summed E-state index contributed by atoms with van der Waals surface area (Å²) in [6.45, 7) is 3.25. The summed E-state index contributed by atoms with van der Waals surface area (Å²) >= 11 is 2.36. The van der Waals surface area contributed by atoms with Gasteiger partial charge >= 0.3 is 0 Å². The maximum absolute atomic E-state index is 3.63. The Morgan fingerprint density at radius 3 is 2.27 bits per heavy atom. The van der Waals surface area contributed by atoms with Gasteiger partial charge in [0.15, 0.2) is 0 Å². The van der Waals surface area contributed by atoms with Crippen molar-refractivity contribution < 1.29 is 0 Å². The average Bonchev–Trinajstić information content (AvgIpc) is 2.13. The van der Waals surface area contributed by atoms with E-state index >= 15 is 0 Å². The van der Waals surface area contributed by atoms with E-state index in [-0.39, 0.29) is 12.4 Å². The number of hydrogen-bond donors (Lipinski definition) is 1. The lowest BCUT2D eigenvalue weighted by molar-refractivity contribution is 0.190. The van der Waals surface area contributed by atoms with Crippen molar-refractivity contribution >= 4 is 35.0 Å². The molecule has 1 fully saturated rings. The lowest BCUT2D eigenvalue weighted by Crippen LogP contribution is -2.47. The molecule has 0 saturated heterocycles. The Morgan fingerprint density at radius 2 is 1.87 bits per heavy atom. The number of rotatable bonds is 3. The van der Waals surface area contributed by atoms with Crippen molar-refractivity contribution in [2.75, 3.05) is 6.54 Å². The standard InChI is InChI=1S/C12H16IN.ClH/c1-2-14-12(8-3-9-12)10-4-6-11(13)7-5-10;/h4-7,14H,2-3,8-9H2,1H3;1H. The van der Waals surface area contributed by atoms with Crippen molar-refractivity contribution in [2.24, 2.45) is 0 Å². The van der Waals surface area contributed by atoms with Crippen molar-refractivity contribution in [1.82, 2.24) is 5.32 Å². The Hall–Kier alpha value is 0.200. The van der Waals surface area contributed by atoms with Gasteiger partial charge in [-0.05, 0) is 66.1 Å². The van der Waals surface area contributed by atoms with Gasteiger partial charge in [-0.15, -0.1) is 12.4 Å². The van der Waals surface area contributed by atoms with Crippen LogP contribution in [0, 0.1) is 3.57 Å². The fourth-order valence-corrected chi connectivity index (χ4v) is 2.56. The Labute approximate surface area is 112 Å². The van der Waals surface area contributed by atoms with Crippen LogP contribution in [0.4, 0.5) is 0 Å². The Morgan fingerprint density at radius 1 is 1.27 bits per heavy atom. The predicted molar refractivity (Wildman–Crippen MR) is 75.6 cm³/mol. The van der Waals surface area contributed by atoms with Crippen LogP contribution < -0.4 is 5.32 Å². The van der Waals surface area contributed by atoms with Crippen LogP contribution in [0.25, 0.3) is 0 Å². The topological polar surface area (TPSA) is 12.0 Å². The Balaban J connectivity index is 0.00000112. The van der Waals surface area contributed by atoms with E-state index in [1.54, 1.807) is 0 Å². The molecule has 1 nitrogen and oxygen atoms in total. The fourth-order valence-electron chi connectivity index (χ4n) is 2.21. The molecule has 0 bridgehead atoms. The van der Waals surface area contributed by atoms with Gasteiger partial charge in [0.2, 0.25) is 0 Å². The van der Waals surface area contributed by atoms with Crippen LogP contribution in [0.15, 0.2) is 24.3 Å². The molecule has 0 heterocycles. The first-order chi connectivity index (χ1) is 6.77. The Kier molecular flexibility index (Phi) is 4.87. The average molecular weight is 338 g/mol. The van der Waals surface area contributed by atoms with Gasteiger partial charge in [0, 0.05) is 9.11 Å². The second kappa shape index (κ2) is 5.51. The minimum absolute atomic E-state index is 0. The monoisotopic (exact) mass is 337 g/mol. The van der Waals surface area contributed by atoms with Crippen molar-refractivity contribution in [3.05, 3.63) is 33.4 Å². The van der Waals surface area contributed by atoms with E-state index in [0.29, 0.717) is 5.54 Å². The highest BCUT2D eigenvalue weighted by Crippen LogP contribution is 2.41. The number of hydrogen-bond acceptors (Lipinski definition) is 1. The first-order valence-corrected chi connectivity index (χ1v) is 6.36. The molecule has 15 heavy (non-hydrogen) atoms. The summed E-state index contributed by atoms with van der Waals surface area (Å²) in [6, 6.07) is 8.94. The first kappa shape index (κ1) is 13.3. The second-order valence-electron chi connectivity index (χ2n) is 3.97. The minimum Gasteiger partial charge on any atom is -0.308 e. The van der Waals surface area contributed by atoms with Crippen LogP contribution in [-0.2, 0) is 5.54 Å². The van der Waals surface area contributed by atoms with Crippen LogP contribution in [0.5, 0.6) is 0 Å². The van der Waals surface area contributed by atoms with Gasteiger partial charge < -0.3 is 5.32 Å². The van der Waals surface area contributed by atoms with Gasteiger partial charge in [-0.2, -0.15) is 0 Å². The molecule has 1 saturated carbocycles. The SMILES string of the molecule is CCNC1(c2ccc(I)cc2)CCC1.Cl. The molecule has 1 aromatic carbocycles. The van der Waals surface area contributed by atoms with Gasteiger partial charge in [-0.3, -0.25) is 0 Å². The lowest BCUT2D eigenvalue weighted by Gasteiger charge is -2.43. The molecule has 1 aliphatic rings. The van der Waals surface area contributed by atoms with Gasteiger partial charge in [0.05, 0.1) is 0 Å². The van der Waals surface area contributed by atoms with Crippen molar-refractivity contribution in [3.63, 3.8) is 0 Å². The van der Waals surface area contributed by atoms with Gasteiger partial charge in [0.1, 0.15) is 0 Å². The van der Waals surface area contributed by atoms with E-state index in [1.165, 1.54) is 28.4 Å². The number of halogens is 2. The van der Waals surface area contributed by atoms with Crippen LogP contribution >= 0.6 is 35.0 Å². The minimum atomic E-state index is 0. The predicted octanol–water partition coefficient (Wildman–Crippen LogP) is 3.70. The molecule has 0 atom stereocenters. The highest BCUT2D eigenvalue weighted by molar-refractivity contribution is 14.1. The largest absolute Gasteiger partial charge is 0.308 e. The summed E-state index contributed by atoms with van der Waals surface area (Å²) in [7, 11) is 0. The molecule has 0 amide bonds. The number of nitrogens with one attached hydrogen (secondary N) is 1. The van der Waals surface area contributed by atoms with Crippen LogP contribution in [0.3, 0.4) is 0 Å². The van der Waals surface area contributed by atoms with E-state index in [2.05, 4.69) is 59.1 Å². The first-order valence-electron chi connectivity index (χ1n) is 5.28. The maximum atomic E-state index is 3.63. The zero-order valence-electron chi connectivity index (χ0n) is 8.92. The summed E-state index contributed by atoms with van der Waals surface area (Å²) in [6.07, 6.45) is 3.95. The molecule has 1 N–H and O–H groups in total. The van der Waals surface area contributed by atoms with Crippen molar-refractivity contribution in [2.45, 2.75) is 31.7 Å². The quantitative estimate of drug-likeness (QED) is 0.829. The van der Waals surface area contributed by atoms with Crippen molar-refractivity contribution in [1.29, 1.82) is 0 Å². The molecule has 0 aliphatic heterocycles. The second-order valence-corrected chi connectivity index (χ2v) is 5.22. The van der Waals surface area contributed by atoms with Gasteiger partial charge in [0.25, 0.3) is 0 Å². The highest BCUT2D eigenvalue weighted by Gasteiger charge is 2.37. The lowest BCUT2D eigenvalue weighted by atomic mass is 9.72. The van der Waals surface area contributed by atoms with Gasteiger partial charge in [-0.1, -0.05) is 19.1 Å². The molecule has 3 heteroatoms. The molecule has 0 unspecified atom stereocenters. The van der Waals surface area contributed by atoms with E-state index in [1.807, 2.05) is 0 Å². The summed E-state index contributed by atoms with van der Waals surface area (Å²) in [5, 5.41) is 3.63. The summed E-state index contributed by atoms with van der Waals surface area (Å²) in [5.74, 6) is 0. The van der Waals surface area contributed by atoms with E-state index < -0.39 is 0 Å². The smallest absolute Gasteiger partial charge is 0.0434 e. The molecule has 0 spiro atoms. The van der Waals surface area contributed by atoms with Crippen molar-refractivity contribution in [3.8, 4) is 0 Å². The van der Waals surface area contributed by atoms with Crippen LogP contribution in [-0.4, -0.2) is 6.54 Å². The third-order valence-electron chi connectivity index (χ3n) is 3.12. The van der Waals surface area contributed by atoms with Crippen LogP contribution in [0.1, 0.15) is 31.7 Å². The van der Waals surface area contributed by atoms with E-state index in [0.717, 1.165) is 6.54 Å². The molecular formula is C12H17ClIN. The number of benzene rings is 1. The third-order valence-corrected chi connectivity index (χ3v) is 3.84. The molecule has 0 radical (unpaired) electrons. The van der Waals surface area contributed by atoms with Crippen LogP contribution in [0.2, 0.25) is 0 Å². The fraction of sp³-hybridized carbons (Fsp3) is 0.500. The molecule has 1 aliphatic carbocycles. The molecule has 1 aromatic rings. The van der Waals surface area contributed by atoms with Gasteiger partial charge in [-0.25, -0.2) is 0 Å². The maximum Gasteiger partial charge on any atom is 0.0434 e.